The summed E-state index contributed by atoms with van der Waals surface area (Å²) in [5.41, 5.74) is 4.87. The summed E-state index contributed by atoms with van der Waals surface area (Å²) in [6.45, 7) is 14.8. The quantitative estimate of drug-likeness (QED) is 0.136. The lowest BCUT2D eigenvalue weighted by Crippen LogP contribution is -2.45. The van der Waals surface area contributed by atoms with Crippen LogP contribution in [-0.4, -0.2) is 104 Å². The summed E-state index contributed by atoms with van der Waals surface area (Å²) < 4.78 is 16.8. The number of anilines is 2. The zero-order valence-corrected chi connectivity index (χ0v) is 34.5. The van der Waals surface area contributed by atoms with E-state index in [2.05, 4.69) is 82.4 Å². The number of ether oxygens (including phenoxy) is 2. The van der Waals surface area contributed by atoms with E-state index in [0.29, 0.717) is 36.2 Å². The van der Waals surface area contributed by atoms with Gasteiger partial charge in [-0.25, -0.2) is 9.48 Å². The summed E-state index contributed by atoms with van der Waals surface area (Å²) in [5, 5.41) is 30.5. The van der Waals surface area contributed by atoms with Crippen LogP contribution in [0.1, 0.15) is 94.3 Å². The third-order valence-corrected chi connectivity index (χ3v) is 11.9. The Bertz CT molecular complexity index is 2200. The van der Waals surface area contributed by atoms with E-state index in [9.17, 15) is 9.90 Å². The normalized spacial score (nSPS) is 20.5. The second-order valence-electron chi connectivity index (χ2n) is 17.1. The first-order chi connectivity index (χ1) is 28.0. The molecule has 2 aromatic carbocycles. The average molecular weight is 791 g/mol. The Kier molecular flexibility index (Phi) is 11.6. The minimum Gasteiger partial charge on any atom is -0.492 e. The predicted octanol–water partition coefficient (Wildman–Crippen LogP) is 6.49. The Balaban J connectivity index is 0.972. The van der Waals surface area contributed by atoms with E-state index < -0.39 is 0 Å². The monoisotopic (exact) mass is 790 g/mol. The molecule has 0 bridgehead atoms. The maximum absolute atomic E-state index is 13.9. The fourth-order valence-corrected chi connectivity index (χ4v) is 8.35. The third kappa shape index (κ3) is 8.64. The molecule has 1 aliphatic carbocycles. The van der Waals surface area contributed by atoms with Gasteiger partial charge in [0.1, 0.15) is 30.0 Å². The molecular weight excluding hydrogens is 733 g/mol. The number of likely N-dealkylation sites (N-methyl/N-ethyl adjacent to an activating group) is 1. The maximum atomic E-state index is 13.9. The molecule has 2 saturated heterocycles. The van der Waals surface area contributed by atoms with Crippen LogP contribution in [-0.2, 0) is 12.0 Å². The van der Waals surface area contributed by atoms with Gasteiger partial charge in [0.25, 0.3) is 0 Å². The third-order valence-electron chi connectivity index (χ3n) is 11.9. The van der Waals surface area contributed by atoms with E-state index in [-0.39, 0.29) is 30.2 Å². The summed E-state index contributed by atoms with van der Waals surface area (Å²) in [6, 6.07) is 19.6. The van der Waals surface area contributed by atoms with Crippen LogP contribution >= 0.6 is 0 Å². The zero-order chi connectivity index (χ0) is 40.4. The highest BCUT2D eigenvalue weighted by Crippen LogP contribution is 2.39. The van der Waals surface area contributed by atoms with Crippen LogP contribution < -0.4 is 25.0 Å². The molecule has 0 saturated carbocycles. The molecule has 1 unspecified atom stereocenters. The second-order valence-corrected chi connectivity index (χ2v) is 17.1. The topological polar surface area (TPSA) is 138 Å². The number of benzene rings is 2. The van der Waals surface area contributed by atoms with Crippen molar-refractivity contribution in [3.8, 4) is 17.2 Å². The molecular formula is C44H58N10O4. The van der Waals surface area contributed by atoms with Crippen molar-refractivity contribution in [3.63, 3.8) is 0 Å². The molecule has 0 spiro atoms. The number of aliphatic hydroxyl groups excluding tert-OH is 1. The summed E-state index contributed by atoms with van der Waals surface area (Å²) in [6.07, 6.45) is 6.77. The summed E-state index contributed by atoms with van der Waals surface area (Å²) in [4.78, 5) is 21.0. The number of nitrogens with one attached hydrogen (secondary N) is 2. The van der Waals surface area contributed by atoms with Gasteiger partial charge < -0.3 is 29.7 Å². The van der Waals surface area contributed by atoms with Gasteiger partial charge >= 0.3 is 6.03 Å². The number of hydrogen-bond acceptors (Lipinski definition) is 10. The number of aliphatic hydroxyl groups is 1. The number of piperazine rings is 1. The van der Waals surface area contributed by atoms with E-state index in [1.807, 2.05) is 59.1 Å². The predicted molar refractivity (Wildman–Crippen MR) is 225 cm³/mol. The van der Waals surface area contributed by atoms with E-state index in [4.69, 9.17) is 14.6 Å². The molecule has 14 nitrogen and oxygen atoms in total. The van der Waals surface area contributed by atoms with Crippen LogP contribution in [0.3, 0.4) is 0 Å². The molecule has 3 atom stereocenters. The molecule has 2 aliphatic heterocycles. The first-order valence-corrected chi connectivity index (χ1v) is 20.9. The Hall–Kier alpha value is -5.18. The molecule has 14 heteroatoms. The maximum Gasteiger partial charge on any atom is 0.320 e. The number of urea groups is 1. The van der Waals surface area contributed by atoms with E-state index in [0.717, 1.165) is 98.4 Å². The molecule has 2 fully saturated rings. The molecule has 58 heavy (non-hydrogen) atoms. The van der Waals surface area contributed by atoms with Crippen molar-refractivity contribution in [3.05, 3.63) is 89.2 Å². The van der Waals surface area contributed by atoms with Gasteiger partial charge in [0, 0.05) is 68.4 Å². The average Bonchev–Trinajstić information content (AvgIpc) is 3.84. The van der Waals surface area contributed by atoms with Crippen molar-refractivity contribution in [2.45, 2.75) is 90.0 Å². The van der Waals surface area contributed by atoms with Gasteiger partial charge in [-0.2, -0.15) is 5.10 Å². The number of hydrogen-bond donors (Lipinski definition) is 3. The molecule has 308 valence electrons. The number of aromatic nitrogens is 5. The molecule has 3 N–H and O–H groups in total. The minimum atomic E-state index is -0.325. The highest BCUT2D eigenvalue weighted by molar-refractivity contribution is 5.89. The van der Waals surface area contributed by atoms with E-state index in [1.165, 1.54) is 6.42 Å². The van der Waals surface area contributed by atoms with Gasteiger partial charge in [0.15, 0.2) is 5.65 Å². The number of rotatable bonds is 11. The Morgan fingerprint density at radius 3 is 2.52 bits per heavy atom. The smallest absolute Gasteiger partial charge is 0.320 e. The molecule has 0 radical (unpaired) electrons. The van der Waals surface area contributed by atoms with Gasteiger partial charge in [-0.05, 0) is 75.4 Å². The van der Waals surface area contributed by atoms with Crippen molar-refractivity contribution in [1.82, 2.24) is 39.5 Å². The van der Waals surface area contributed by atoms with Crippen LogP contribution in [0.15, 0.2) is 66.9 Å². The van der Waals surface area contributed by atoms with Crippen molar-refractivity contribution in [2.75, 3.05) is 63.1 Å². The summed E-state index contributed by atoms with van der Waals surface area (Å²) in [5.74, 6) is 2.75. The first-order valence-electron chi connectivity index (χ1n) is 20.9. The number of carbonyl (C=O) groups excluding carboxylic acids is 1. The number of nitrogens with zero attached hydrogens (tertiary/aromatic N) is 8. The zero-order valence-electron chi connectivity index (χ0n) is 34.5. The number of pyridine rings is 1. The standard InChI is InChI=1S/C44H58N10O4/c1-30-10-8-9-19-52(30)43-48-47-40-18-15-33(28-53(40)43)58-37-17-16-36(34-11-6-7-12-35(34)37)45-42(56)46-41-27-39(44(2,3)4)49-54(41)32-14-13-31(29-55)38(26-32)57-25-24-51-22-20-50(5)21-23-51/h6-7,11-15,18,26-28,30,36-37,55H,8-10,16-17,19-25,29H2,1-5H3,(H2,45,46,56)/t30?,36-,37+/m0/s1. The molecule has 2 amide bonds. The Morgan fingerprint density at radius 1 is 0.931 bits per heavy atom. The molecule has 8 rings (SSSR count). The number of amides is 2. The fourth-order valence-electron chi connectivity index (χ4n) is 8.35. The highest BCUT2D eigenvalue weighted by atomic mass is 16.5. The molecule has 5 heterocycles. The van der Waals surface area contributed by atoms with Crippen molar-refractivity contribution in [2.24, 2.45) is 0 Å². The molecule has 5 aromatic rings. The Morgan fingerprint density at radius 2 is 1.74 bits per heavy atom. The van der Waals surface area contributed by atoms with Crippen molar-refractivity contribution < 1.29 is 19.4 Å². The van der Waals surface area contributed by atoms with E-state index in [1.54, 1.807) is 4.68 Å². The van der Waals surface area contributed by atoms with Crippen LogP contribution in [0.2, 0.25) is 0 Å². The summed E-state index contributed by atoms with van der Waals surface area (Å²) in [7, 11) is 2.15. The molecule has 3 aliphatic rings. The van der Waals surface area contributed by atoms with Gasteiger partial charge in [0.05, 0.1) is 30.2 Å². The van der Waals surface area contributed by atoms with Crippen molar-refractivity contribution >= 4 is 23.4 Å². The summed E-state index contributed by atoms with van der Waals surface area (Å²) >= 11 is 0. The lowest BCUT2D eigenvalue weighted by molar-refractivity contribution is 0.133. The number of carbonyl (C=O) groups is 1. The van der Waals surface area contributed by atoms with Crippen LogP contribution in [0.5, 0.6) is 11.5 Å². The van der Waals surface area contributed by atoms with Gasteiger partial charge in [-0.15, -0.1) is 10.2 Å². The van der Waals surface area contributed by atoms with Gasteiger partial charge in [-0.1, -0.05) is 51.1 Å². The van der Waals surface area contributed by atoms with Crippen LogP contribution in [0.4, 0.5) is 16.6 Å². The first kappa shape index (κ1) is 39.6. The highest BCUT2D eigenvalue weighted by Gasteiger charge is 2.31. The van der Waals surface area contributed by atoms with Gasteiger partial charge in [-0.3, -0.25) is 14.6 Å². The van der Waals surface area contributed by atoms with Gasteiger partial charge in [0.2, 0.25) is 5.95 Å². The lowest BCUT2D eigenvalue weighted by atomic mass is 9.85. The lowest BCUT2D eigenvalue weighted by Gasteiger charge is -2.33. The largest absolute Gasteiger partial charge is 0.492 e. The number of piperidine rings is 1. The van der Waals surface area contributed by atoms with Crippen molar-refractivity contribution in [1.29, 1.82) is 0 Å². The second kappa shape index (κ2) is 17.0. The van der Waals surface area contributed by atoms with E-state index >= 15 is 0 Å². The van der Waals surface area contributed by atoms with Crippen LogP contribution in [0.25, 0.3) is 11.3 Å². The Labute approximate surface area is 341 Å². The molecule has 3 aromatic heterocycles. The fraction of sp³-hybridized carbons (Fsp3) is 0.500. The number of fused-ring (bicyclic) bond motifs is 2. The van der Waals surface area contributed by atoms with Crippen LogP contribution in [0, 0.1) is 0 Å². The SMILES string of the molecule is CC1CCCCN1c1nnc2ccc(O[C@@H]3CC[C@H](NC(=O)Nc4cc(C(C)(C)C)nn4-c4ccc(CO)c(OCCN5CCN(C)CC5)c4)c4ccccc43)cn12. The minimum absolute atomic E-state index is 0.144.